The van der Waals surface area contributed by atoms with Crippen LogP contribution in [0.4, 0.5) is 0 Å². The van der Waals surface area contributed by atoms with Gasteiger partial charge < -0.3 is 5.32 Å². The molecule has 1 amide bonds. The second-order valence-electron chi connectivity index (χ2n) is 5.36. The minimum atomic E-state index is -0.0302. The summed E-state index contributed by atoms with van der Waals surface area (Å²) in [5.74, 6) is -0.0302. The van der Waals surface area contributed by atoms with E-state index in [9.17, 15) is 4.79 Å². The summed E-state index contributed by atoms with van der Waals surface area (Å²) in [6.45, 7) is 10.2. The number of hydrogen-bond donors (Lipinski definition) is 1. The summed E-state index contributed by atoms with van der Waals surface area (Å²) in [4.78, 5) is 11.8. The Bertz CT molecular complexity index is 466. The number of amides is 1. The van der Waals surface area contributed by atoms with Crippen LogP contribution >= 0.6 is 0 Å². The SMILES string of the molecule is C=C1Cc2ccc(C(C)(C)C)cc2C(=O)N1. The molecule has 2 rings (SSSR count). The molecule has 1 aromatic rings. The summed E-state index contributed by atoms with van der Waals surface area (Å²) in [6, 6.07) is 6.14. The first kappa shape index (κ1) is 10.9. The summed E-state index contributed by atoms with van der Waals surface area (Å²) >= 11 is 0. The van der Waals surface area contributed by atoms with Gasteiger partial charge in [0.25, 0.3) is 5.91 Å². The van der Waals surface area contributed by atoms with Gasteiger partial charge in [-0.05, 0) is 22.6 Å². The van der Waals surface area contributed by atoms with Crippen molar-refractivity contribution in [3.63, 3.8) is 0 Å². The molecule has 84 valence electrons. The molecule has 0 saturated carbocycles. The van der Waals surface area contributed by atoms with Crippen molar-refractivity contribution in [1.29, 1.82) is 0 Å². The Morgan fingerprint density at radius 3 is 2.62 bits per heavy atom. The molecule has 1 aliphatic rings. The highest BCUT2D eigenvalue weighted by Gasteiger charge is 2.22. The third-order valence-corrected chi connectivity index (χ3v) is 2.91. The van der Waals surface area contributed by atoms with E-state index >= 15 is 0 Å². The third kappa shape index (κ3) is 1.87. The van der Waals surface area contributed by atoms with Crippen molar-refractivity contribution in [1.82, 2.24) is 5.32 Å². The number of carbonyl (C=O) groups excluding carboxylic acids is 1. The topological polar surface area (TPSA) is 29.1 Å². The van der Waals surface area contributed by atoms with E-state index in [2.05, 4.69) is 38.7 Å². The second kappa shape index (κ2) is 3.48. The summed E-state index contributed by atoms with van der Waals surface area (Å²) in [6.07, 6.45) is 0.742. The van der Waals surface area contributed by atoms with Crippen molar-refractivity contribution >= 4 is 5.91 Å². The van der Waals surface area contributed by atoms with Gasteiger partial charge in [-0.1, -0.05) is 39.5 Å². The molecule has 1 N–H and O–H groups in total. The summed E-state index contributed by atoms with van der Waals surface area (Å²) in [7, 11) is 0. The minimum Gasteiger partial charge on any atom is -0.326 e. The zero-order valence-electron chi connectivity index (χ0n) is 10.1. The number of rotatable bonds is 0. The predicted molar refractivity (Wildman–Crippen MR) is 65.5 cm³/mol. The Kier molecular flexibility index (Phi) is 2.38. The molecule has 0 aromatic heterocycles. The van der Waals surface area contributed by atoms with Crippen molar-refractivity contribution in [2.75, 3.05) is 0 Å². The fourth-order valence-electron chi connectivity index (χ4n) is 1.91. The summed E-state index contributed by atoms with van der Waals surface area (Å²) < 4.78 is 0. The van der Waals surface area contributed by atoms with Gasteiger partial charge in [0.2, 0.25) is 0 Å². The number of fused-ring (bicyclic) bond motifs is 1. The normalized spacial score (nSPS) is 15.7. The largest absolute Gasteiger partial charge is 0.326 e. The van der Waals surface area contributed by atoms with Crippen LogP contribution in [-0.4, -0.2) is 5.91 Å². The molecule has 1 aliphatic heterocycles. The number of carbonyl (C=O) groups is 1. The average molecular weight is 215 g/mol. The maximum Gasteiger partial charge on any atom is 0.255 e. The molecule has 0 bridgehead atoms. The van der Waals surface area contributed by atoms with Crippen molar-refractivity contribution in [2.45, 2.75) is 32.6 Å². The highest BCUT2D eigenvalue weighted by molar-refractivity contribution is 5.98. The van der Waals surface area contributed by atoms with E-state index in [4.69, 9.17) is 0 Å². The molecule has 16 heavy (non-hydrogen) atoms. The molecule has 0 radical (unpaired) electrons. The van der Waals surface area contributed by atoms with Gasteiger partial charge in [0, 0.05) is 17.7 Å². The molecule has 0 spiro atoms. The lowest BCUT2D eigenvalue weighted by Crippen LogP contribution is -2.30. The van der Waals surface area contributed by atoms with E-state index in [-0.39, 0.29) is 11.3 Å². The van der Waals surface area contributed by atoms with E-state index in [0.717, 1.165) is 23.2 Å². The van der Waals surface area contributed by atoms with Crippen LogP contribution in [0.5, 0.6) is 0 Å². The fraction of sp³-hybridized carbons (Fsp3) is 0.357. The highest BCUT2D eigenvalue weighted by atomic mass is 16.1. The molecule has 0 aliphatic carbocycles. The van der Waals surface area contributed by atoms with Crippen LogP contribution in [0.25, 0.3) is 0 Å². The molecule has 2 heteroatoms. The summed E-state index contributed by atoms with van der Waals surface area (Å²) in [5.41, 5.74) is 3.90. The predicted octanol–water partition coefficient (Wildman–Crippen LogP) is 2.78. The first-order valence-corrected chi connectivity index (χ1v) is 5.50. The molecule has 1 aromatic carbocycles. The van der Waals surface area contributed by atoms with E-state index < -0.39 is 0 Å². The van der Waals surface area contributed by atoms with Crippen molar-refractivity contribution in [3.8, 4) is 0 Å². The lowest BCUT2D eigenvalue weighted by atomic mass is 9.84. The van der Waals surface area contributed by atoms with Crippen molar-refractivity contribution in [2.24, 2.45) is 0 Å². The lowest BCUT2D eigenvalue weighted by Gasteiger charge is -2.24. The van der Waals surface area contributed by atoms with Crippen molar-refractivity contribution < 1.29 is 4.79 Å². The van der Waals surface area contributed by atoms with Gasteiger partial charge >= 0.3 is 0 Å². The maximum atomic E-state index is 11.8. The number of benzene rings is 1. The van der Waals surface area contributed by atoms with Gasteiger partial charge in [-0.3, -0.25) is 4.79 Å². The van der Waals surface area contributed by atoms with Crippen LogP contribution < -0.4 is 5.32 Å². The second-order valence-corrected chi connectivity index (χ2v) is 5.36. The Morgan fingerprint density at radius 1 is 1.31 bits per heavy atom. The molecule has 0 unspecified atom stereocenters. The van der Waals surface area contributed by atoms with E-state index in [1.54, 1.807) is 0 Å². The van der Waals surface area contributed by atoms with Crippen LogP contribution in [0.3, 0.4) is 0 Å². The van der Waals surface area contributed by atoms with Crippen LogP contribution in [0.2, 0.25) is 0 Å². The van der Waals surface area contributed by atoms with Gasteiger partial charge in [-0.2, -0.15) is 0 Å². The fourth-order valence-corrected chi connectivity index (χ4v) is 1.91. The zero-order chi connectivity index (χ0) is 11.9. The number of hydrogen-bond acceptors (Lipinski definition) is 1. The first-order valence-electron chi connectivity index (χ1n) is 5.50. The Balaban J connectivity index is 2.51. The molecule has 1 heterocycles. The molecule has 0 saturated heterocycles. The van der Waals surface area contributed by atoms with Gasteiger partial charge in [-0.25, -0.2) is 0 Å². The van der Waals surface area contributed by atoms with Gasteiger partial charge in [0.05, 0.1) is 0 Å². The van der Waals surface area contributed by atoms with Crippen molar-refractivity contribution in [3.05, 3.63) is 47.2 Å². The Morgan fingerprint density at radius 2 is 2.00 bits per heavy atom. The average Bonchev–Trinajstić information content (AvgIpc) is 2.15. The monoisotopic (exact) mass is 215 g/mol. The van der Waals surface area contributed by atoms with Crippen LogP contribution in [0.15, 0.2) is 30.5 Å². The van der Waals surface area contributed by atoms with E-state index in [0.29, 0.717) is 0 Å². The number of allylic oxidation sites excluding steroid dienone is 1. The standard InChI is InChI=1S/C14H17NO/c1-9-7-10-5-6-11(14(2,3)4)8-12(10)13(16)15-9/h5-6,8H,1,7H2,2-4H3,(H,15,16). The molecule has 0 atom stereocenters. The smallest absolute Gasteiger partial charge is 0.255 e. The molecular formula is C14H17NO. The summed E-state index contributed by atoms with van der Waals surface area (Å²) in [5, 5.41) is 2.78. The third-order valence-electron chi connectivity index (χ3n) is 2.91. The van der Waals surface area contributed by atoms with Gasteiger partial charge in [-0.15, -0.1) is 0 Å². The molecule has 0 fully saturated rings. The molecular weight excluding hydrogens is 198 g/mol. The van der Waals surface area contributed by atoms with E-state index in [1.165, 1.54) is 5.56 Å². The number of nitrogens with one attached hydrogen (secondary N) is 1. The zero-order valence-corrected chi connectivity index (χ0v) is 10.1. The quantitative estimate of drug-likeness (QED) is 0.708. The maximum absolute atomic E-state index is 11.8. The van der Waals surface area contributed by atoms with Crippen LogP contribution in [0.1, 0.15) is 42.3 Å². The Hall–Kier alpha value is -1.57. The van der Waals surface area contributed by atoms with Gasteiger partial charge in [0.1, 0.15) is 0 Å². The molecule has 2 nitrogen and oxygen atoms in total. The first-order chi connectivity index (χ1) is 7.38. The van der Waals surface area contributed by atoms with Crippen LogP contribution in [-0.2, 0) is 11.8 Å². The van der Waals surface area contributed by atoms with Gasteiger partial charge in [0.15, 0.2) is 0 Å². The van der Waals surface area contributed by atoms with E-state index in [1.807, 2.05) is 12.1 Å². The van der Waals surface area contributed by atoms with Crippen LogP contribution in [0, 0.1) is 0 Å². The lowest BCUT2D eigenvalue weighted by molar-refractivity contribution is 0.0959. The highest BCUT2D eigenvalue weighted by Crippen LogP contribution is 2.26. The minimum absolute atomic E-state index is 0.0302. The Labute approximate surface area is 96.4 Å².